The van der Waals surface area contributed by atoms with E-state index in [-0.39, 0.29) is 6.61 Å². The zero-order chi connectivity index (χ0) is 15.5. The van der Waals surface area contributed by atoms with Crippen molar-refractivity contribution in [2.45, 2.75) is 12.8 Å². The van der Waals surface area contributed by atoms with Gasteiger partial charge in [0.25, 0.3) is 5.88 Å². The lowest BCUT2D eigenvalue weighted by Gasteiger charge is -2.09. The van der Waals surface area contributed by atoms with Gasteiger partial charge in [-0.15, -0.1) is 0 Å². The van der Waals surface area contributed by atoms with E-state index in [1.54, 1.807) is 12.1 Å². The van der Waals surface area contributed by atoms with Crippen LogP contribution in [-0.4, -0.2) is 14.9 Å². The molecule has 6 nitrogen and oxygen atoms in total. The maximum Gasteiger partial charge on any atom is 0.418 e. The van der Waals surface area contributed by atoms with Crippen LogP contribution in [0.25, 0.3) is 0 Å². The van der Waals surface area contributed by atoms with Gasteiger partial charge in [0, 0.05) is 30.2 Å². The summed E-state index contributed by atoms with van der Waals surface area (Å²) in [6.07, 6.45) is -1.22. The predicted molar refractivity (Wildman–Crippen MR) is 64.5 cm³/mol. The highest BCUT2D eigenvalue weighted by atomic mass is 19.4. The minimum atomic E-state index is -4.71. The summed E-state index contributed by atoms with van der Waals surface area (Å²) in [5.74, 6) is -0.475. The second-order valence-electron chi connectivity index (χ2n) is 3.95. The fourth-order valence-corrected chi connectivity index (χ4v) is 1.47. The molecule has 2 aromatic heterocycles. The highest BCUT2D eigenvalue weighted by Crippen LogP contribution is 2.34. The van der Waals surface area contributed by atoms with Crippen LogP contribution in [0.15, 0.2) is 36.8 Å². The second kappa shape index (κ2) is 5.73. The summed E-state index contributed by atoms with van der Waals surface area (Å²) in [4.78, 5) is 17.0. The van der Waals surface area contributed by atoms with Gasteiger partial charge in [0.1, 0.15) is 6.61 Å². The van der Waals surface area contributed by atoms with Crippen molar-refractivity contribution in [2.75, 3.05) is 0 Å². The van der Waals surface area contributed by atoms with E-state index < -0.39 is 28.2 Å². The molecule has 2 rings (SSSR count). The Kier molecular flexibility index (Phi) is 4.01. The van der Waals surface area contributed by atoms with E-state index in [9.17, 15) is 23.3 Å². The summed E-state index contributed by atoms with van der Waals surface area (Å²) in [6.45, 7) is -0.0902. The van der Waals surface area contributed by atoms with Gasteiger partial charge in [-0.1, -0.05) is 6.07 Å². The van der Waals surface area contributed by atoms with E-state index in [0.717, 1.165) is 0 Å². The highest BCUT2D eigenvalue weighted by Gasteiger charge is 2.34. The van der Waals surface area contributed by atoms with E-state index >= 15 is 0 Å². The quantitative estimate of drug-likeness (QED) is 0.640. The Bertz CT molecular complexity index is 647. The average molecular weight is 299 g/mol. The van der Waals surface area contributed by atoms with E-state index in [4.69, 9.17) is 4.74 Å². The van der Waals surface area contributed by atoms with Gasteiger partial charge < -0.3 is 4.74 Å². The van der Waals surface area contributed by atoms with Crippen LogP contribution >= 0.6 is 0 Å². The van der Waals surface area contributed by atoms with Gasteiger partial charge in [-0.05, 0) is 6.07 Å². The molecule has 0 unspecified atom stereocenters. The summed E-state index contributed by atoms with van der Waals surface area (Å²) >= 11 is 0. The molecule has 9 heteroatoms. The molecule has 0 saturated carbocycles. The molecule has 2 heterocycles. The molecule has 0 aliphatic heterocycles. The molecule has 0 amide bonds. The smallest absolute Gasteiger partial charge is 0.418 e. The number of ether oxygens (including phenoxy) is 1. The first-order chi connectivity index (χ1) is 9.88. The number of pyridine rings is 2. The summed E-state index contributed by atoms with van der Waals surface area (Å²) in [7, 11) is 0. The fourth-order valence-electron chi connectivity index (χ4n) is 1.47. The number of nitrogens with zero attached hydrogens (tertiary/aromatic N) is 3. The van der Waals surface area contributed by atoms with E-state index in [0.29, 0.717) is 17.8 Å². The Balaban J connectivity index is 2.25. The maximum atomic E-state index is 12.5. The number of halogens is 3. The van der Waals surface area contributed by atoms with Crippen molar-refractivity contribution in [3.05, 3.63) is 58.0 Å². The third-order valence-electron chi connectivity index (χ3n) is 2.45. The van der Waals surface area contributed by atoms with Crippen molar-refractivity contribution < 1.29 is 22.8 Å². The van der Waals surface area contributed by atoms with Crippen molar-refractivity contribution in [2.24, 2.45) is 0 Å². The Morgan fingerprint density at radius 1 is 1.33 bits per heavy atom. The van der Waals surface area contributed by atoms with Gasteiger partial charge >= 0.3 is 11.9 Å². The fraction of sp³-hybridized carbons (Fsp3) is 0.167. The van der Waals surface area contributed by atoms with E-state index in [1.807, 2.05) is 0 Å². The molecule has 0 spiro atoms. The van der Waals surface area contributed by atoms with Crippen LogP contribution in [0.5, 0.6) is 5.88 Å². The third-order valence-corrected chi connectivity index (χ3v) is 2.45. The van der Waals surface area contributed by atoms with Gasteiger partial charge in [-0.3, -0.25) is 15.1 Å². The summed E-state index contributed by atoms with van der Waals surface area (Å²) in [5, 5.41) is 10.8. The normalized spacial score (nSPS) is 11.2. The topological polar surface area (TPSA) is 78.2 Å². The zero-order valence-electron chi connectivity index (χ0n) is 10.4. The van der Waals surface area contributed by atoms with Crippen LogP contribution in [0.3, 0.4) is 0 Å². The number of aromatic nitrogens is 2. The van der Waals surface area contributed by atoms with Crippen molar-refractivity contribution in [1.82, 2.24) is 9.97 Å². The molecule has 21 heavy (non-hydrogen) atoms. The lowest BCUT2D eigenvalue weighted by atomic mass is 10.2. The first-order valence-corrected chi connectivity index (χ1v) is 5.61. The minimum Gasteiger partial charge on any atom is -0.468 e. The number of rotatable bonds is 4. The van der Waals surface area contributed by atoms with Crippen molar-refractivity contribution >= 4 is 5.69 Å². The molecule has 0 saturated heterocycles. The van der Waals surface area contributed by atoms with Crippen molar-refractivity contribution in [3.63, 3.8) is 0 Å². The molecule has 0 fully saturated rings. The van der Waals surface area contributed by atoms with Gasteiger partial charge in [-0.25, -0.2) is 4.98 Å². The number of hydrogen-bond acceptors (Lipinski definition) is 5. The Labute approximate surface area is 116 Å². The third kappa shape index (κ3) is 3.65. The zero-order valence-corrected chi connectivity index (χ0v) is 10.4. The first kappa shape index (κ1) is 14.7. The van der Waals surface area contributed by atoms with Gasteiger partial charge in [0.2, 0.25) is 0 Å². The molecule has 0 bridgehead atoms. The molecule has 0 aromatic carbocycles. The monoisotopic (exact) mass is 299 g/mol. The molecule has 2 aromatic rings. The lowest BCUT2D eigenvalue weighted by molar-refractivity contribution is -0.386. The van der Waals surface area contributed by atoms with Crippen LogP contribution in [0, 0.1) is 10.1 Å². The van der Waals surface area contributed by atoms with Gasteiger partial charge in [0.15, 0.2) is 0 Å². The van der Waals surface area contributed by atoms with Crippen LogP contribution in [0.2, 0.25) is 0 Å². The SMILES string of the molecule is O=[N+]([O-])c1cc(C(F)(F)F)cnc1OCc1cccnc1. The molecule has 0 atom stereocenters. The Hall–Kier alpha value is -2.71. The second-order valence-corrected chi connectivity index (χ2v) is 3.95. The number of hydrogen-bond donors (Lipinski definition) is 0. The molecular weight excluding hydrogens is 291 g/mol. The van der Waals surface area contributed by atoms with Crippen molar-refractivity contribution in [3.8, 4) is 5.88 Å². The minimum absolute atomic E-state index is 0.0902. The number of nitro groups is 1. The Morgan fingerprint density at radius 2 is 2.10 bits per heavy atom. The van der Waals surface area contributed by atoms with Crippen LogP contribution < -0.4 is 4.74 Å². The van der Waals surface area contributed by atoms with E-state index in [2.05, 4.69) is 9.97 Å². The summed E-state index contributed by atoms with van der Waals surface area (Å²) in [5.41, 5.74) is -1.44. The first-order valence-electron chi connectivity index (χ1n) is 5.61. The van der Waals surface area contributed by atoms with Gasteiger partial charge in [-0.2, -0.15) is 13.2 Å². The molecule has 0 N–H and O–H groups in total. The Morgan fingerprint density at radius 3 is 2.67 bits per heavy atom. The average Bonchev–Trinajstić information content (AvgIpc) is 2.45. The predicted octanol–water partition coefficient (Wildman–Crippen LogP) is 2.98. The maximum absolute atomic E-state index is 12.5. The summed E-state index contributed by atoms with van der Waals surface area (Å²) < 4.78 is 42.6. The molecule has 110 valence electrons. The largest absolute Gasteiger partial charge is 0.468 e. The lowest BCUT2D eigenvalue weighted by Crippen LogP contribution is -2.08. The van der Waals surface area contributed by atoms with Gasteiger partial charge in [0.05, 0.1) is 10.5 Å². The van der Waals surface area contributed by atoms with Crippen LogP contribution in [-0.2, 0) is 12.8 Å². The highest BCUT2D eigenvalue weighted by molar-refractivity contribution is 5.43. The standard InChI is InChI=1S/C12H8F3N3O3/c13-12(14,15)9-4-10(18(19)20)11(17-6-9)21-7-8-2-1-3-16-5-8/h1-6H,7H2. The molecule has 0 radical (unpaired) electrons. The molecule has 0 aliphatic carbocycles. The van der Waals surface area contributed by atoms with Crippen molar-refractivity contribution in [1.29, 1.82) is 0 Å². The summed E-state index contributed by atoms with van der Waals surface area (Å²) in [6, 6.07) is 3.68. The number of alkyl halides is 3. The van der Waals surface area contributed by atoms with Crippen LogP contribution in [0.1, 0.15) is 11.1 Å². The molecular formula is C12H8F3N3O3. The van der Waals surface area contributed by atoms with Crippen LogP contribution in [0.4, 0.5) is 18.9 Å². The van der Waals surface area contributed by atoms with E-state index in [1.165, 1.54) is 12.4 Å². The molecule has 0 aliphatic rings.